The number of esters is 1. The van der Waals surface area contributed by atoms with Crippen LogP contribution in [0.2, 0.25) is 0 Å². The predicted octanol–water partition coefficient (Wildman–Crippen LogP) is 1.41. The average molecular weight is 172 g/mol. The summed E-state index contributed by atoms with van der Waals surface area (Å²) in [5.74, 6) is -0.739. The summed E-state index contributed by atoms with van der Waals surface area (Å²) in [5.41, 5.74) is 0. The van der Waals surface area contributed by atoms with Crippen molar-refractivity contribution in [1.29, 1.82) is 0 Å². The van der Waals surface area contributed by atoms with Crippen molar-refractivity contribution in [2.45, 2.75) is 26.7 Å². The zero-order valence-corrected chi connectivity index (χ0v) is 7.87. The summed E-state index contributed by atoms with van der Waals surface area (Å²) in [6.45, 7) is 3.78. The molecule has 12 heavy (non-hydrogen) atoms. The van der Waals surface area contributed by atoms with E-state index in [9.17, 15) is 9.59 Å². The quantitative estimate of drug-likeness (QED) is 0.465. The molecule has 0 aliphatic rings. The highest BCUT2D eigenvalue weighted by Gasteiger charge is 2.25. The Balaban J connectivity index is 4.29. The Morgan fingerprint density at radius 1 is 1.42 bits per heavy atom. The lowest BCUT2D eigenvalue weighted by atomic mass is 9.89. The van der Waals surface area contributed by atoms with Crippen LogP contribution in [-0.2, 0) is 14.3 Å². The van der Waals surface area contributed by atoms with Gasteiger partial charge in [-0.3, -0.25) is 4.79 Å². The van der Waals surface area contributed by atoms with Gasteiger partial charge in [0.05, 0.1) is 13.0 Å². The minimum atomic E-state index is -0.281. The standard InChI is InChI=1S/C9H16O3/c1-4-7(6-10)8(5-2)9(11)12-3/h6-8H,4-5H2,1-3H3. The van der Waals surface area contributed by atoms with Crippen molar-refractivity contribution in [1.82, 2.24) is 0 Å². The first-order valence-corrected chi connectivity index (χ1v) is 4.24. The number of carbonyl (C=O) groups excluding carboxylic acids is 2. The van der Waals surface area contributed by atoms with E-state index in [4.69, 9.17) is 0 Å². The van der Waals surface area contributed by atoms with E-state index in [-0.39, 0.29) is 17.8 Å². The van der Waals surface area contributed by atoms with Gasteiger partial charge in [0, 0.05) is 5.92 Å². The molecule has 3 heteroatoms. The highest BCUT2D eigenvalue weighted by Crippen LogP contribution is 2.18. The molecule has 0 bridgehead atoms. The topological polar surface area (TPSA) is 43.4 Å². The number of ether oxygens (including phenoxy) is 1. The minimum absolute atomic E-state index is 0.192. The highest BCUT2D eigenvalue weighted by molar-refractivity contribution is 5.76. The van der Waals surface area contributed by atoms with E-state index in [0.717, 1.165) is 6.29 Å². The second kappa shape index (κ2) is 5.75. The lowest BCUT2D eigenvalue weighted by molar-refractivity contribution is -0.148. The highest BCUT2D eigenvalue weighted by atomic mass is 16.5. The second-order valence-corrected chi connectivity index (χ2v) is 2.75. The summed E-state index contributed by atoms with van der Waals surface area (Å²) >= 11 is 0. The normalized spacial score (nSPS) is 14.9. The van der Waals surface area contributed by atoms with Crippen molar-refractivity contribution >= 4 is 12.3 Å². The molecule has 0 radical (unpaired) electrons. The first kappa shape index (κ1) is 11.1. The molecule has 0 spiro atoms. The maximum Gasteiger partial charge on any atom is 0.309 e. The Bertz CT molecular complexity index is 154. The summed E-state index contributed by atoms with van der Waals surface area (Å²) in [5, 5.41) is 0. The molecule has 0 aromatic rings. The first-order chi connectivity index (χ1) is 5.71. The van der Waals surface area contributed by atoms with Crippen molar-refractivity contribution in [2.75, 3.05) is 7.11 Å². The number of hydrogen-bond donors (Lipinski definition) is 0. The molecule has 0 aliphatic carbocycles. The Hall–Kier alpha value is -0.860. The summed E-state index contributed by atoms with van der Waals surface area (Å²) in [6, 6.07) is 0. The van der Waals surface area contributed by atoms with Crippen molar-refractivity contribution in [2.24, 2.45) is 11.8 Å². The maximum atomic E-state index is 11.1. The average Bonchev–Trinajstić information content (AvgIpc) is 2.12. The van der Waals surface area contributed by atoms with Crippen LogP contribution in [-0.4, -0.2) is 19.4 Å². The molecule has 70 valence electrons. The van der Waals surface area contributed by atoms with Gasteiger partial charge in [0.15, 0.2) is 0 Å². The Morgan fingerprint density at radius 2 is 2.00 bits per heavy atom. The van der Waals surface area contributed by atoms with Gasteiger partial charge in [-0.1, -0.05) is 13.8 Å². The van der Waals surface area contributed by atoms with Gasteiger partial charge in [-0.2, -0.15) is 0 Å². The fourth-order valence-electron chi connectivity index (χ4n) is 1.27. The van der Waals surface area contributed by atoms with E-state index in [2.05, 4.69) is 4.74 Å². The van der Waals surface area contributed by atoms with Crippen molar-refractivity contribution in [3.63, 3.8) is 0 Å². The van der Waals surface area contributed by atoms with E-state index in [1.54, 1.807) is 0 Å². The predicted molar refractivity (Wildman–Crippen MR) is 45.6 cm³/mol. The first-order valence-electron chi connectivity index (χ1n) is 4.24. The molecule has 0 fully saturated rings. The molecule has 0 saturated carbocycles. The van der Waals surface area contributed by atoms with Gasteiger partial charge in [0.2, 0.25) is 0 Å². The molecule has 0 aromatic carbocycles. The summed E-state index contributed by atoms with van der Waals surface area (Å²) < 4.78 is 4.59. The largest absolute Gasteiger partial charge is 0.469 e. The molecule has 0 heterocycles. The number of aldehydes is 1. The van der Waals surface area contributed by atoms with Crippen LogP contribution in [0.4, 0.5) is 0 Å². The van der Waals surface area contributed by atoms with Gasteiger partial charge < -0.3 is 9.53 Å². The molecule has 3 nitrogen and oxygen atoms in total. The molecule has 0 saturated heterocycles. The van der Waals surface area contributed by atoms with Crippen LogP contribution in [0.1, 0.15) is 26.7 Å². The Morgan fingerprint density at radius 3 is 2.25 bits per heavy atom. The van der Waals surface area contributed by atoms with Gasteiger partial charge in [-0.05, 0) is 12.8 Å². The van der Waals surface area contributed by atoms with Crippen molar-refractivity contribution in [3.05, 3.63) is 0 Å². The maximum absolute atomic E-state index is 11.1. The lowest BCUT2D eigenvalue weighted by Gasteiger charge is -2.16. The number of methoxy groups -OCH3 is 1. The van der Waals surface area contributed by atoms with Gasteiger partial charge >= 0.3 is 5.97 Å². The van der Waals surface area contributed by atoms with Gasteiger partial charge in [0.1, 0.15) is 6.29 Å². The molecule has 0 aromatic heterocycles. The lowest BCUT2D eigenvalue weighted by Crippen LogP contribution is -2.25. The molecule has 0 rings (SSSR count). The van der Waals surface area contributed by atoms with Gasteiger partial charge in [0.25, 0.3) is 0 Å². The Labute approximate surface area is 73.1 Å². The number of hydrogen-bond acceptors (Lipinski definition) is 3. The van der Waals surface area contributed by atoms with Crippen LogP contribution in [0.3, 0.4) is 0 Å². The molecule has 2 unspecified atom stereocenters. The summed E-state index contributed by atoms with van der Waals surface area (Å²) in [6.07, 6.45) is 2.19. The molecular weight excluding hydrogens is 156 g/mol. The van der Waals surface area contributed by atoms with Crippen LogP contribution in [0.15, 0.2) is 0 Å². The monoisotopic (exact) mass is 172 g/mol. The van der Waals surface area contributed by atoms with Crippen molar-refractivity contribution in [3.8, 4) is 0 Å². The molecule has 0 amide bonds. The van der Waals surface area contributed by atoms with E-state index < -0.39 is 0 Å². The third-order valence-electron chi connectivity index (χ3n) is 2.11. The third kappa shape index (κ3) is 2.64. The fraction of sp³-hybridized carbons (Fsp3) is 0.778. The zero-order chi connectivity index (χ0) is 9.56. The minimum Gasteiger partial charge on any atom is -0.469 e. The third-order valence-corrected chi connectivity index (χ3v) is 2.11. The van der Waals surface area contributed by atoms with Crippen LogP contribution < -0.4 is 0 Å². The molecule has 0 aliphatic heterocycles. The molecular formula is C9H16O3. The fourth-order valence-corrected chi connectivity index (χ4v) is 1.27. The van der Waals surface area contributed by atoms with Gasteiger partial charge in [-0.25, -0.2) is 0 Å². The zero-order valence-electron chi connectivity index (χ0n) is 7.87. The van der Waals surface area contributed by atoms with Gasteiger partial charge in [-0.15, -0.1) is 0 Å². The summed E-state index contributed by atoms with van der Waals surface area (Å²) in [7, 11) is 1.35. The second-order valence-electron chi connectivity index (χ2n) is 2.75. The van der Waals surface area contributed by atoms with E-state index in [1.807, 2.05) is 13.8 Å². The van der Waals surface area contributed by atoms with Crippen LogP contribution in [0.5, 0.6) is 0 Å². The van der Waals surface area contributed by atoms with Crippen LogP contribution >= 0.6 is 0 Å². The van der Waals surface area contributed by atoms with E-state index >= 15 is 0 Å². The number of carbonyl (C=O) groups is 2. The number of rotatable bonds is 5. The van der Waals surface area contributed by atoms with Crippen LogP contribution in [0, 0.1) is 11.8 Å². The smallest absolute Gasteiger partial charge is 0.309 e. The summed E-state index contributed by atoms with van der Waals surface area (Å²) in [4.78, 5) is 21.7. The van der Waals surface area contributed by atoms with Crippen molar-refractivity contribution < 1.29 is 14.3 Å². The van der Waals surface area contributed by atoms with E-state index in [1.165, 1.54) is 7.11 Å². The SMILES string of the molecule is CCC(C=O)C(CC)C(=O)OC. The molecule has 2 atom stereocenters. The van der Waals surface area contributed by atoms with E-state index in [0.29, 0.717) is 12.8 Å². The Kier molecular flexibility index (Phi) is 5.34. The van der Waals surface area contributed by atoms with Crippen LogP contribution in [0.25, 0.3) is 0 Å². The molecule has 0 N–H and O–H groups in total.